The summed E-state index contributed by atoms with van der Waals surface area (Å²) in [6.07, 6.45) is 7.01. The molecule has 0 atom stereocenters. The largest absolute Gasteiger partial charge is 0.378 e. The Bertz CT molecular complexity index is 1420. The van der Waals surface area contributed by atoms with Gasteiger partial charge in [0.05, 0.1) is 30.8 Å². The molecule has 12 heteroatoms. The number of nitrogens with one attached hydrogen (secondary N) is 2. The van der Waals surface area contributed by atoms with Gasteiger partial charge in [0.15, 0.2) is 17.3 Å². The van der Waals surface area contributed by atoms with Gasteiger partial charge in [0, 0.05) is 57.3 Å². The van der Waals surface area contributed by atoms with E-state index >= 15 is 0 Å². The fraction of sp³-hybridized carbons (Fsp3) is 0.448. The van der Waals surface area contributed by atoms with Gasteiger partial charge in [0.25, 0.3) is 0 Å². The molecule has 12 nitrogen and oxygen atoms in total. The Kier molecular flexibility index (Phi) is 8.88. The molecule has 1 aromatic carbocycles. The molecule has 216 valence electrons. The van der Waals surface area contributed by atoms with Crippen molar-refractivity contribution in [2.24, 2.45) is 0 Å². The molecule has 0 radical (unpaired) electrons. The maximum Gasteiger partial charge on any atom is 0.318 e. The van der Waals surface area contributed by atoms with Crippen molar-refractivity contribution in [3.63, 3.8) is 0 Å². The molecule has 2 fully saturated rings. The fourth-order valence-electron chi connectivity index (χ4n) is 5.24. The average Bonchev–Trinajstić information content (AvgIpc) is 3.44. The number of hydrogen-bond acceptors (Lipinski definition) is 8. The SMILES string of the molecule is CC=CC(=O)CCC(=O)N1CCC(n2ncc3c(N4CCOCC4)nc(-c4ccc(NC(=O)NC)cc4)nc32)CC1. The third-order valence-electron chi connectivity index (χ3n) is 7.47. The van der Waals surface area contributed by atoms with E-state index in [2.05, 4.69) is 15.5 Å². The predicted molar refractivity (Wildman–Crippen MR) is 156 cm³/mol. The number of urea groups is 1. The number of aromatic nitrogens is 4. The standard InChI is InChI=1S/C29H36N8O4/c1-3-4-23(38)9-10-25(39)35-13-11-22(12-14-35)37-28-24(19-31-37)27(36-15-17-41-18-16-36)33-26(34-28)20-5-7-21(8-6-20)32-29(40)30-2/h3-8,19,22H,9-18H2,1-2H3,(H2,30,32,40). The normalized spacial score (nSPS) is 16.3. The van der Waals surface area contributed by atoms with Gasteiger partial charge in [-0.2, -0.15) is 5.10 Å². The van der Waals surface area contributed by atoms with Crippen molar-refractivity contribution in [3.05, 3.63) is 42.6 Å². The Balaban J connectivity index is 1.39. The van der Waals surface area contributed by atoms with Crippen LogP contribution < -0.4 is 15.5 Å². The van der Waals surface area contributed by atoms with Crippen LogP contribution in [0.5, 0.6) is 0 Å². The van der Waals surface area contributed by atoms with Gasteiger partial charge in [-0.05, 0) is 50.1 Å². The number of piperidine rings is 1. The Morgan fingerprint density at radius 1 is 1.02 bits per heavy atom. The molecule has 2 N–H and O–H groups in total. The summed E-state index contributed by atoms with van der Waals surface area (Å²) in [5, 5.41) is 11.0. The lowest BCUT2D eigenvalue weighted by Gasteiger charge is -2.32. The minimum absolute atomic E-state index is 0.0141. The van der Waals surface area contributed by atoms with E-state index in [1.54, 1.807) is 20.0 Å². The molecular weight excluding hydrogens is 524 g/mol. The maximum absolute atomic E-state index is 12.7. The molecular formula is C29H36N8O4. The van der Waals surface area contributed by atoms with Gasteiger partial charge >= 0.3 is 6.03 Å². The molecule has 2 aliphatic heterocycles. The summed E-state index contributed by atoms with van der Waals surface area (Å²) in [5.74, 6) is 1.39. The zero-order chi connectivity index (χ0) is 28.8. The van der Waals surface area contributed by atoms with Gasteiger partial charge in [-0.3, -0.25) is 9.59 Å². The number of rotatable bonds is 8. The van der Waals surface area contributed by atoms with Gasteiger partial charge in [-0.1, -0.05) is 6.08 Å². The highest BCUT2D eigenvalue weighted by atomic mass is 16.5. The minimum atomic E-state index is -0.288. The molecule has 41 heavy (non-hydrogen) atoms. The fourth-order valence-corrected chi connectivity index (χ4v) is 5.24. The van der Waals surface area contributed by atoms with Gasteiger partial charge < -0.3 is 25.2 Å². The Hall–Kier alpha value is -4.32. The summed E-state index contributed by atoms with van der Waals surface area (Å²) in [6, 6.07) is 7.22. The second-order valence-electron chi connectivity index (χ2n) is 10.2. The number of allylic oxidation sites excluding steroid dienone is 2. The van der Waals surface area contributed by atoms with Crippen LogP contribution in [0.2, 0.25) is 0 Å². The summed E-state index contributed by atoms with van der Waals surface area (Å²) in [7, 11) is 1.57. The first-order valence-electron chi connectivity index (χ1n) is 14.1. The maximum atomic E-state index is 12.7. The molecule has 3 aromatic rings. The van der Waals surface area contributed by atoms with Crippen molar-refractivity contribution < 1.29 is 19.1 Å². The minimum Gasteiger partial charge on any atom is -0.378 e. The van der Waals surface area contributed by atoms with Crippen LogP contribution in [0, 0.1) is 0 Å². The molecule has 0 spiro atoms. The van der Waals surface area contributed by atoms with Crippen molar-refractivity contribution in [3.8, 4) is 11.4 Å². The molecule has 0 saturated carbocycles. The zero-order valence-electron chi connectivity index (χ0n) is 23.5. The highest BCUT2D eigenvalue weighted by Gasteiger charge is 2.28. The summed E-state index contributed by atoms with van der Waals surface area (Å²) < 4.78 is 7.55. The number of ether oxygens (including phenoxy) is 1. The number of carbonyl (C=O) groups excluding carboxylic acids is 3. The number of amides is 3. The zero-order valence-corrected chi connectivity index (χ0v) is 23.5. The van der Waals surface area contributed by atoms with Gasteiger partial charge in [0.2, 0.25) is 5.91 Å². The molecule has 0 unspecified atom stereocenters. The quantitative estimate of drug-likeness (QED) is 0.401. The van der Waals surface area contributed by atoms with Crippen LogP contribution in [-0.4, -0.2) is 88.8 Å². The van der Waals surface area contributed by atoms with E-state index in [-0.39, 0.29) is 36.6 Å². The predicted octanol–water partition coefficient (Wildman–Crippen LogP) is 3.17. The molecule has 4 heterocycles. The highest BCUT2D eigenvalue weighted by molar-refractivity contribution is 5.92. The average molecular weight is 561 g/mol. The number of likely N-dealkylation sites (tertiary alicyclic amines) is 1. The third-order valence-corrected chi connectivity index (χ3v) is 7.47. The molecule has 5 rings (SSSR count). The summed E-state index contributed by atoms with van der Waals surface area (Å²) in [5.41, 5.74) is 2.25. The van der Waals surface area contributed by atoms with E-state index in [1.807, 2.05) is 40.0 Å². The number of hydrogen-bond donors (Lipinski definition) is 2. The summed E-state index contributed by atoms with van der Waals surface area (Å²) in [6.45, 7) is 5.71. The second kappa shape index (κ2) is 12.9. The van der Waals surface area contributed by atoms with Crippen molar-refractivity contribution in [1.29, 1.82) is 0 Å². The van der Waals surface area contributed by atoms with Gasteiger partial charge in [-0.15, -0.1) is 0 Å². The van der Waals surface area contributed by atoms with Crippen LogP contribution >= 0.6 is 0 Å². The first-order valence-corrected chi connectivity index (χ1v) is 14.1. The lowest BCUT2D eigenvalue weighted by atomic mass is 10.0. The molecule has 2 aromatic heterocycles. The van der Waals surface area contributed by atoms with Crippen LogP contribution in [0.3, 0.4) is 0 Å². The lowest BCUT2D eigenvalue weighted by Crippen LogP contribution is -2.39. The van der Waals surface area contributed by atoms with E-state index in [9.17, 15) is 14.4 Å². The molecule has 0 bridgehead atoms. The molecule has 2 aliphatic rings. The van der Waals surface area contributed by atoms with Crippen LogP contribution in [-0.2, 0) is 14.3 Å². The smallest absolute Gasteiger partial charge is 0.318 e. The van der Waals surface area contributed by atoms with Crippen LogP contribution in [0.1, 0.15) is 38.6 Å². The van der Waals surface area contributed by atoms with E-state index in [0.717, 1.165) is 48.3 Å². The first kappa shape index (κ1) is 28.2. The van der Waals surface area contributed by atoms with Gasteiger partial charge in [0.1, 0.15) is 5.82 Å². The molecule has 2 saturated heterocycles. The van der Waals surface area contributed by atoms with Crippen molar-refractivity contribution in [1.82, 2.24) is 30.0 Å². The molecule has 0 aliphatic carbocycles. The number of ketones is 1. The second-order valence-corrected chi connectivity index (χ2v) is 10.2. The van der Waals surface area contributed by atoms with E-state index < -0.39 is 0 Å². The van der Waals surface area contributed by atoms with E-state index in [4.69, 9.17) is 19.8 Å². The number of fused-ring (bicyclic) bond motifs is 1. The monoisotopic (exact) mass is 560 g/mol. The Morgan fingerprint density at radius 2 is 1.76 bits per heavy atom. The number of morpholine rings is 1. The third kappa shape index (κ3) is 6.54. The van der Waals surface area contributed by atoms with Crippen LogP contribution in [0.25, 0.3) is 22.4 Å². The van der Waals surface area contributed by atoms with Crippen molar-refractivity contribution in [2.45, 2.75) is 38.6 Å². The molecule has 3 amide bonds. The number of benzene rings is 1. The summed E-state index contributed by atoms with van der Waals surface area (Å²) in [4.78, 5) is 50.2. The number of carbonyl (C=O) groups is 3. The van der Waals surface area contributed by atoms with Crippen LogP contribution in [0.15, 0.2) is 42.6 Å². The van der Waals surface area contributed by atoms with Gasteiger partial charge in [-0.25, -0.2) is 19.4 Å². The topological polar surface area (TPSA) is 135 Å². The van der Waals surface area contributed by atoms with Crippen molar-refractivity contribution in [2.75, 3.05) is 56.7 Å². The first-order chi connectivity index (χ1) is 20.0. The number of nitrogens with zero attached hydrogens (tertiary/aromatic N) is 6. The van der Waals surface area contributed by atoms with E-state index in [0.29, 0.717) is 37.8 Å². The van der Waals surface area contributed by atoms with E-state index in [1.165, 1.54) is 6.08 Å². The Labute approximate surface area is 238 Å². The summed E-state index contributed by atoms with van der Waals surface area (Å²) >= 11 is 0. The van der Waals surface area contributed by atoms with Crippen molar-refractivity contribution >= 4 is 40.3 Å². The number of anilines is 2. The highest BCUT2D eigenvalue weighted by Crippen LogP contribution is 2.32. The van der Waals surface area contributed by atoms with Crippen LogP contribution in [0.4, 0.5) is 16.3 Å². The lowest BCUT2D eigenvalue weighted by molar-refractivity contribution is -0.133. The Morgan fingerprint density at radius 3 is 2.44 bits per heavy atom.